The third-order valence-electron chi connectivity index (χ3n) is 3.65. The van der Waals surface area contributed by atoms with Crippen LogP contribution in [0.5, 0.6) is 0 Å². The molecule has 1 amide bonds. The summed E-state index contributed by atoms with van der Waals surface area (Å²) in [6, 6.07) is 17.8. The largest absolute Gasteiger partial charge is 0.346 e. The molecule has 1 heterocycles. The van der Waals surface area contributed by atoms with Crippen molar-refractivity contribution in [3.8, 4) is 10.6 Å². The smallest absolute Gasteiger partial charge is 0.244 e. The third kappa shape index (κ3) is 4.18. The minimum Gasteiger partial charge on any atom is -0.346 e. The van der Waals surface area contributed by atoms with Crippen molar-refractivity contribution >= 4 is 23.3 Å². The van der Waals surface area contributed by atoms with Crippen molar-refractivity contribution in [2.24, 2.45) is 0 Å². The number of thiazole rings is 1. The topological polar surface area (TPSA) is 42.0 Å². The average molecular weight is 334 g/mol. The lowest BCUT2D eigenvalue weighted by molar-refractivity contribution is -0.117. The van der Waals surface area contributed by atoms with Crippen molar-refractivity contribution in [3.05, 3.63) is 83.4 Å². The molecule has 3 rings (SSSR count). The first-order chi connectivity index (χ1) is 11.7. The molecule has 1 N–H and O–H groups in total. The molecule has 3 nitrogen and oxygen atoms in total. The van der Waals surface area contributed by atoms with Gasteiger partial charge in [0.2, 0.25) is 5.91 Å². The van der Waals surface area contributed by atoms with E-state index in [0.29, 0.717) is 0 Å². The van der Waals surface area contributed by atoms with E-state index < -0.39 is 0 Å². The van der Waals surface area contributed by atoms with Gasteiger partial charge in [0.05, 0.1) is 6.04 Å². The lowest BCUT2D eigenvalue weighted by Gasteiger charge is -2.13. The Kier molecular flexibility index (Phi) is 5.18. The highest BCUT2D eigenvalue weighted by molar-refractivity contribution is 7.13. The minimum atomic E-state index is -0.106. The summed E-state index contributed by atoms with van der Waals surface area (Å²) in [5.74, 6) is -0.106. The van der Waals surface area contributed by atoms with Crippen LogP contribution in [-0.4, -0.2) is 10.9 Å². The number of nitrogens with one attached hydrogen (secondary N) is 1. The predicted molar refractivity (Wildman–Crippen MR) is 99.6 cm³/mol. The van der Waals surface area contributed by atoms with Crippen LogP contribution in [0.2, 0.25) is 0 Å². The van der Waals surface area contributed by atoms with Gasteiger partial charge in [-0.1, -0.05) is 48.5 Å². The Bertz CT molecular complexity index is 826. The number of amides is 1. The summed E-state index contributed by atoms with van der Waals surface area (Å²) in [7, 11) is 0. The summed E-state index contributed by atoms with van der Waals surface area (Å²) in [5, 5.41) is 5.94. The highest BCUT2D eigenvalue weighted by atomic mass is 32.1. The Labute approximate surface area is 145 Å². The van der Waals surface area contributed by atoms with Crippen LogP contribution < -0.4 is 5.32 Å². The Balaban J connectivity index is 1.66. The van der Waals surface area contributed by atoms with Crippen LogP contribution in [0.15, 0.2) is 72.3 Å². The number of hydrogen-bond donors (Lipinski definition) is 1. The van der Waals surface area contributed by atoms with Gasteiger partial charge >= 0.3 is 0 Å². The summed E-state index contributed by atoms with van der Waals surface area (Å²) in [6.45, 7) is 1.98. The van der Waals surface area contributed by atoms with E-state index >= 15 is 0 Å². The van der Waals surface area contributed by atoms with E-state index in [9.17, 15) is 4.79 Å². The molecule has 0 fully saturated rings. The quantitative estimate of drug-likeness (QED) is 0.687. The van der Waals surface area contributed by atoms with Gasteiger partial charge in [-0.05, 0) is 30.2 Å². The molecule has 1 aromatic heterocycles. The molecule has 0 aliphatic heterocycles. The molecule has 24 heavy (non-hydrogen) atoms. The Hall–Kier alpha value is -2.72. The van der Waals surface area contributed by atoms with Crippen LogP contribution in [0, 0.1) is 0 Å². The van der Waals surface area contributed by atoms with Crippen LogP contribution in [-0.2, 0) is 4.79 Å². The second-order valence-corrected chi connectivity index (χ2v) is 6.33. The van der Waals surface area contributed by atoms with Crippen molar-refractivity contribution in [1.82, 2.24) is 10.3 Å². The molecular weight excluding hydrogens is 316 g/mol. The van der Waals surface area contributed by atoms with Crippen LogP contribution in [0.25, 0.3) is 16.6 Å². The fraction of sp³-hybridized carbons (Fsp3) is 0.100. The highest BCUT2D eigenvalue weighted by Crippen LogP contribution is 2.24. The van der Waals surface area contributed by atoms with Gasteiger partial charge in [0.15, 0.2) is 0 Å². The van der Waals surface area contributed by atoms with Crippen LogP contribution in [0.3, 0.4) is 0 Å². The zero-order chi connectivity index (χ0) is 16.8. The zero-order valence-corrected chi connectivity index (χ0v) is 14.2. The number of carbonyl (C=O) groups excluding carboxylic acids is 1. The summed E-state index contributed by atoms with van der Waals surface area (Å²) < 4.78 is 0. The van der Waals surface area contributed by atoms with E-state index in [-0.39, 0.29) is 11.9 Å². The molecule has 0 saturated carbocycles. The molecule has 3 aromatic rings. The molecule has 0 bridgehead atoms. The molecular formula is C20H18N2OS. The molecule has 0 radical (unpaired) electrons. The van der Waals surface area contributed by atoms with E-state index in [1.54, 1.807) is 23.6 Å². The van der Waals surface area contributed by atoms with Crippen molar-refractivity contribution in [2.45, 2.75) is 13.0 Å². The number of rotatable bonds is 5. The molecule has 1 unspecified atom stereocenters. The third-order valence-corrected chi connectivity index (χ3v) is 4.47. The van der Waals surface area contributed by atoms with Gasteiger partial charge in [-0.25, -0.2) is 4.98 Å². The summed E-state index contributed by atoms with van der Waals surface area (Å²) in [5.41, 5.74) is 3.14. The highest BCUT2D eigenvalue weighted by Gasteiger charge is 2.09. The van der Waals surface area contributed by atoms with Gasteiger partial charge in [0, 0.05) is 23.2 Å². The molecule has 4 heteroatoms. The van der Waals surface area contributed by atoms with Gasteiger partial charge in [-0.3, -0.25) is 4.79 Å². The number of benzene rings is 2. The van der Waals surface area contributed by atoms with Gasteiger partial charge in [0.25, 0.3) is 0 Å². The van der Waals surface area contributed by atoms with E-state index in [2.05, 4.69) is 16.4 Å². The van der Waals surface area contributed by atoms with Crippen molar-refractivity contribution in [1.29, 1.82) is 0 Å². The molecule has 0 aliphatic rings. The Morgan fingerprint density at radius 1 is 1.17 bits per heavy atom. The van der Waals surface area contributed by atoms with Gasteiger partial charge in [-0.2, -0.15) is 0 Å². The first-order valence-corrected chi connectivity index (χ1v) is 8.64. The SMILES string of the molecule is CC(NC(=O)C=Cc1ccccc1)c1cccc(-c2nccs2)c1. The summed E-state index contributed by atoms with van der Waals surface area (Å²) in [4.78, 5) is 16.4. The second kappa shape index (κ2) is 7.70. The molecule has 0 aliphatic carbocycles. The van der Waals surface area contributed by atoms with Crippen LogP contribution in [0.4, 0.5) is 0 Å². The molecule has 0 saturated heterocycles. The van der Waals surface area contributed by atoms with Crippen molar-refractivity contribution in [3.63, 3.8) is 0 Å². The maximum Gasteiger partial charge on any atom is 0.244 e. The maximum atomic E-state index is 12.1. The van der Waals surface area contributed by atoms with Gasteiger partial charge in [-0.15, -0.1) is 11.3 Å². The molecule has 120 valence electrons. The fourth-order valence-electron chi connectivity index (χ4n) is 2.39. The summed E-state index contributed by atoms with van der Waals surface area (Å²) >= 11 is 1.61. The number of nitrogens with zero attached hydrogens (tertiary/aromatic N) is 1. The van der Waals surface area contributed by atoms with Gasteiger partial charge in [0.1, 0.15) is 5.01 Å². The van der Waals surface area contributed by atoms with Crippen molar-refractivity contribution < 1.29 is 4.79 Å². The standard InChI is InChI=1S/C20H18N2OS/c1-15(22-19(23)11-10-16-6-3-2-4-7-16)17-8-5-9-18(14-17)20-21-12-13-24-20/h2-15H,1H3,(H,22,23). The fourth-order valence-corrected chi connectivity index (χ4v) is 3.02. The monoisotopic (exact) mass is 334 g/mol. The van der Waals surface area contributed by atoms with E-state index in [0.717, 1.165) is 21.7 Å². The second-order valence-electron chi connectivity index (χ2n) is 5.44. The van der Waals surface area contributed by atoms with Crippen LogP contribution >= 0.6 is 11.3 Å². The van der Waals surface area contributed by atoms with E-state index in [4.69, 9.17) is 0 Å². The lowest BCUT2D eigenvalue weighted by Crippen LogP contribution is -2.24. The first-order valence-electron chi connectivity index (χ1n) is 7.76. The Morgan fingerprint density at radius 3 is 2.75 bits per heavy atom. The maximum absolute atomic E-state index is 12.1. The normalized spacial score (nSPS) is 12.2. The predicted octanol–water partition coefficient (Wildman–Crippen LogP) is 4.70. The number of aromatic nitrogens is 1. The van der Waals surface area contributed by atoms with Crippen LogP contribution in [0.1, 0.15) is 24.1 Å². The molecule has 0 spiro atoms. The molecule has 2 aromatic carbocycles. The molecule has 1 atom stereocenters. The average Bonchev–Trinajstić information content (AvgIpc) is 3.16. The van der Waals surface area contributed by atoms with Gasteiger partial charge < -0.3 is 5.32 Å². The Morgan fingerprint density at radius 2 is 2.00 bits per heavy atom. The van der Waals surface area contributed by atoms with E-state index in [1.165, 1.54) is 0 Å². The zero-order valence-electron chi connectivity index (χ0n) is 13.3. The summed E-state index contributed by atoms with van der Waals surface area (Å²) in [6.07, 6.45) is 5.18. The van der Waals surface area contributed by atoms with E-state index in [1.807, 2.05) is 66.9 Å². The minimum absolute atomic E-state index is 0.0714. The lowest BCUT2D eigenvalue weighted by atomic mass is 10.1. The number of hydrogen-bond acceptors (Lipinski definition) is 3. The number of carbonyl (C=O) groups is 1. The van der Waals surface area contributed by atoms with Crippen molar-refractivity contribution in [2.75, 3.05) is 0 Å². The first kappa shape index (κ1) is 16.1.